The van der Waals surface area contributed by atoms with Gasteiger partial charge in [-0.1, -0.05) is 0 Å². The van der Waals surface area contributed by atoms with Crippen LogP contribution >= 0.6 is 0 Å². The summed E-state index contributed by atoms with van der Waals surface area (Å²) < 4.78 is 6.98. The number of imide groups is 1. The van der Waals surface area contributed by atoms with E-state index in [4.69, 9.17) is 4.74 Å². The molecule has 3 heterocycles. The van der Waals surface area contributed by atoms with E-state index in [-0.39, 0.29) is 12.5 Å². The maximum absolute atomic E-state index is 12.4. The van der Waals surface area contributed by atoms with E-state index in [1.54, 1.807) is 11.6 Å². The summed E-state index contributed by atoms with van der Waals surface area (Å²) in [7, 11) is 3.05. The Morgan fingerprint density at radius 3 is 2.74 bits per heavy atom. The molecule has 0 aromatic carbocycles. The molecule has 9 nitrogen and oxygen atoms in total. The van der Waals surface area contributed by atoms with Crippen molar-refractivity contribution in [2.24, 2.45) is 4.99 Å². The maximum atomic E-state index is 12.4. The van der Waals surface area contributed by atoms with Gasteiger partial charge in [0.25, 0.3) is 24.1 Å². The minimum Gasteiger partial charge on any atom is -0.388 e. The summed E-state index contributed by atoms with van der Waals surface area (Å²) in [6.45, 7) is 3.75. The second-order valence-corrected chi connectivity index (χ2v) is 6.01. The van der Waals surface area contributed by atoms with Crippen LogP contribution in [0.25, 0.3) is 0 Å². The third-order valence-corrected chi connectivity index (χ3v) is 4.39. The van der Waals surface area contributed by atoms with E-state index in [1.165, 1.54) is 18.3 Å². The molecule has 2 saturated heterocycles. The lowest BCUT2D eigenvalue weighted by atomic mass is 10.1. The van der Waals surface area contributed by atoms with Crippen LogP contribution in [-0.2, 0) is 9.53 Å². The summed E-state index contributed by atoms with van der Waals surface area (Å²) in [5.41, 5.74) is 0. The number of fused-ring (bicyclic) bond motifs is 1. The topological polar surface area (TPSA) is 88.7 Å². The van der Waals surface area contributed by atoms with Crippen LogP contribution in [0.2, 0.25) is 0 Å². The van der Waals surface area contributed by atoms with Gasteiger partial charge in [-0.3, -0.25) is 19.5 Å². The van der Waals surface area contributed by atoms with Crippen LogP contribution in [0.4, 0.5) is 4.79 Å². The molecule has 0 aromatic heterocycles. The minimum absolute atomic E-state index is 0.288. The second kappa shape index (κ2) is 6.34. The Morgan fingerprint density at radius 1 is 1.35 bits per heavy atom. The van der Waals surface area contributed by atoms with Crippen LogP contribution in [0.15, 0.2) is 4.99 Å². The number of aliphatic hydroxyl groups is 1. The highest BCUT2D eigenvalue weighted by Crippen LogP contribution is 2.17. The van der Waals surface area contributed by atoms with Crippen molar-refractivity contribution in [1.82, 2.24) is 14.7 Å². The number of ether oxygens (including phenoxy) is 1. The predicted octanol–water partition coefficient (Wildman–Crippen LogP) is -1.98. The summed E-state index contributed by atoms with van der Waals surface area (Å²) in [5.74, 6) is 0.0934. The fourth-order valence-corrected chi connectivity index (χ4v) is 3.08. The van der Waals surface area contributed by atoms with Gasteiger partial charge in [-0.2, -0.15) is 0 Å². The smallest absolute Gasteiger partial charge is 0.333 e. The fourth-order valence-electron chi connectivity index (χ4n) is 3.08. The van der Waals surface area contributed by atoms with Crippen LogP contribution in [0.1, 0.15) is 0 Å². The molecule has 2 fully saturated rings. The maximum Gasteiger partial charge on any atom is 0.333 e. The first-order valence-electron chi connectivity index (χ1n) is 7.69. The van der Waals surface area contributed by atoms with Crippen molar-refractivity contribution in [3.8, 4) is 0 Å². The van der Waals surface area contributed by atoms with Crippen LogP contribution in [0, 0.1) is 0 Å². The van der Waals surface area contributed by atoms with E-state index in [1.807, 2.05) is 0 Å². The van der Waals surface area contributed by atoms with Gasteiger partial charge in [-0.05, 0) is 4.99 Å². The third kappa shape index (κ3) is 2.99. The molecule has 0 aliphatic carbocycles. The monoisotopic (exact) mass is 324 g/mol. The van der Waals surface area contributed by atoms with Crippen LogP contribution < -0.4 is 0 Å². The molecule has 126 valence electrons. The number of aliphatic imine (C=N–C) groups is 1. The molecule has 0 radical (unpaired) electrons. The largest absolute Gasteiger partial charge is 0.388 e. The molecule has 0 spiro atoms. The number of morpholine rings is 1. The number of nitrogens with zero attached hydrogens (tertiary/aromatic N) is 5. The summed E-state index contributed by atoms with van der Waals surface area (Å²) >= 11 is 0. The van der Waals surface area contributed by atoms with E-state index in [2.05, 4.69) is 9.89 Å². The number of hydrogen-bond acceptors (Lipinski definition) is 6. The van der Waals surface area contributed by atoms with Gasteiger partial charge in [0.1, 0.15) is 12.6 Å². The number of β-amino-alcohol motifs (C(OH)–C–C–N with tert-alkyl or cyclic N) is 1. The third-order valence-electron chi connectivity index (χ3n) is 4.39. The highest BCUT2D eigenvalue weighted by atomic mass is 16.5. The molecule has 23 heavy (non-hydrogen) atoms. The lowest BCUT2D eigenvalue weighted by Crippen LogP contribution is -2.62. The average Bonchev–Trinajstić information content (AvgIpc) is 2.95. The van der Waals surface area contributed by atoms with E-state index in [9.17, 15) is 14.7 Å². The first-order valence-corrected chi connectivity index (χ1v) is 7.69. The second-order valence-electron chi connectivity index (χ2n) is 6.01. The zero-order valence-electron chi connectivity index (χ0n) is 13.4. The van der Waals surface area contributed by atoms with E-state index < -0.39 is 18.2 Å². The van der Waals surface area contributed by atoms with Gasteiger partial charge in [0, 0.05) is 33.7 Å². The molecule has 2 unspecified atom stereocenters. The number of hydrogen-bond donors (Lipinski definition) is 1. The Balaban J connectivity index is 1.63. The molecule has 0 saturated carbocycles. The molecule has 3 aliphatic heterocycles. The van der Waals surface area contributed by atoms with Gasteiger partial charge in [0.15, 0.2) is 0 Å². The Morgan fingerprint density at radius 2 is 2.04 bits per heavy atom. The first-order chi connectivity index (χ1) is 11.0. The molecule has 3 aliphatic rings. The number of amidine groups is 1. The van der Waals surface area contributed by atoms with E-state index in [0.717, 1.165) is 18.0 Å². The Labute approximate surface area is 134 Å². The zero-order valence-corrected chi connectivity index (χ0v) is 13.4. The molecule has 1 N–H and O–H groups in total. The minimum atomic E-state index is -0.637. The van der Waals surface area contributed by atoms with Gasteiger partial charge < -0.3 is 9.84 Å². The highest BCUT2D eigenvalue weighted by Gasteiger charge is 2.50. The van der Waals surface area contributed by atoms with Crippen molar-refractivity contribution in [2.75, 3.05) is 53.5 Å². The molecule has 2 atom stereocenters. The van der Waals surface area contributed by atoms with Gasteiger partial charge >= 0.3 is 6.03 Å². The molecule has 3 amide bonds. The molecule has 0 bridgehead atoms. The lowest BCUT2D eigenvalue weighted by molar-refractivity contribution is -0.539. The molecular formula is C14H22N5O4+. The number of amides is 3. The number of aliphatic hydroxyl groups excluding tert-OH is 1. The summed E-state index contributed by atoms with van der Waals surface area (Å²) in [5, 5.41) is 10.3. The fraction of sp³-hybridized carbons (Fsp3) is 0.714. The van der Waals surface area contributed by atoms with Gasteiger partial charge in [-0.15, -0.1) is 0 Å². The number of carbonyl (C=O) groups is 2. The molecular weight excluding hydrogens is 302 g/mol. The van der Waals surface area contributed by atoms with Gasteiger partial charge in [0.2, 0.25) is 0 Å². The van der Waals surface area contributed by atoms with E-state index in [0.29, 0.717) is 25.6 Å². The standard InChI is InChI=1S/C14H22N5O4/c1-16-12-11(13(21)17(2)14(16)22)19(9-15-12)8-10(20)7-18-3-5-23-6-4-18/h9-11,20H,3-8H2,1-2H3/q+1. The van der Waals surface area contributed by atoms with Crippen molar-refractivity contribution in [1.29, 1.82) is 0 Å². The number of urea groups is 1. The van der Waals surface area contributed by atoms with Crippen molar-refractivity contribution in [2.45, 2.75) is 12.1 Å². The summed E-state index contributed by atoms with van der Waals surface area (Å²) in [6.07, 6.45) is 0.920. The van der Waals surface area contributed by atoms with Crippen molar-refractivity contribution < 1.29 is 24.0 Å². The summed E-state index contributed by atoms with van der Waals surface area (Å²) in [4.78, 5) is 33.1. The SMILES string of the molecule is CN1C(=O)C2C(=NC=[N+]2CC(O)CN2CCOCC2)N(C)C1=O. The van der Waals surface area contributed by atoms with Crippen molar-refractivity contribution in [3.63, 3.8) is 0 Å². The average molecular weight is 324 g/mol. The van der Waals surface area contributed by atoms with E-state index >= 15 is 0 Å². The van der Waals surface area contributed by atoms with Crippen molar-refractivity contribution >= 4 is 24.1 Å². The highest BCUT2D eigenvalue weighted by molar-refractivity contribution is 6.21. The van der Waals surface area contributed by atoms with Crippen LogP contribution in [0.3, 0.4) is 0 Å². The first kappa shape index (κ1) is 16.0. The quantitative estimate of drug-likeness (QED) is 0.606. The van der Waals surface area contributed by atoms with Gasteiger partial charge in [-0.25, -0.2) is 9.37 Å². The Bertz CT molecular complexity index is 570. The zero-order chi connectivity index (χ0) is 16.6. The van der Waals surface area contributed by atoms with Crippen molar-refractivity contribution in [3.05, 3.63) is 0 Å². The normalized spacial score (nSPS) is 27.0. The number of rotatable bonds is 4. The number of likely N-dealkylation sites (N-methyl/N-ethyl adjacent to an activating group) is 2. The lowest BCUT2D eigenvalue weighted by Gasteiger charge is -2.32. The molecule has 0 aromatic rings. The van der Waals surface area contributed by atoms with Crippen LogP contribution in [-0.4, -0.2) is 114 Å². The Hall–Kier alpha value is -1.84. The number of carbonyl (C=O) groups excluding carboxylic acids is 2. The summed E-state index contributed by atoms with van der Waals surface area (Å²) in [6, 6.07) is -1.03. The Kier molecular flexibility index (Phi) is 4.42. The molecule has 3 rings (SSSR count). The molecule has 9 heteroatoms. The predicted molar refractivity (Wildman–Crippen MR) is 81.6 cm³/mol. The van der Waals surface area contributed by atoms with Crippen LogP contribution in [0.5, 0.6) is 0 Å². The van der Waals surface area contributed by atoms with Gasteiger partial charge in [0.05, 0.1) is 13.2 Å².